The first kappa shape index (κ1) is 15.8. The summed E-state index contributed by atoms with van der Waals surface area (Å²) < 4.78 is 34.4. The topological polar surface area (TPSA) is 103 Å². The average molecular weight is 359 g/mol. The van der Waals surface area contributed by atoms with E-state index in [1.54, 1.807) is 23.7 Å². The van der Waals surface area contributed by atoms with E-state index in [-0.39, 0.29) is 5.03 Å². The van der Waals surface area contributed by atoms with E-state index in [1.807, 2.05) is 12.1 Å². The maximum absolute atomic E-state index is 12.5. The Bertz CT molecular complexity index is 1000. The van der Waals surface area contributed by atoms with Crippen molar-refractivity contribution in [2.45, 2.75) is 30.2 Å². The molecule has 4 rings (SSSR count). The molecule has 1 saturated carbocycles. The quantitative estimate of drug-likeness (QED) is 0.723. The lowest BCUT2D eigenvalue weighted by molar-refractivity contribution is 0.379. The van der Waals surface area contributed by atoms with Crippen LogP contribution in [0.3, 0.4) is 0 Å². The van der Waals surface area contributed by atoms with E-state index in [9.17, 15) is 8.42 Å². The summed E-state index contributed by atoms with van der Waals surface area (Å²) in [4.78, 5) is 8.29. The third kappa shape index (κ3) is 3.41. The number of nitrogens with one attached hydrogen (secondary N) is 1. The molecule has 0 unspecified atom stereocenters. The Balaban J connectivity index is 1.58. The van der Waals surface area contributed by atoms with E-state index in [0.29, 0.717) is 23.9 Å². The molecule has 0 atom stereocenters. The summed E-state index contributed by atoms with van der Waals surface area (Å²) in [7, 11) is -2.04. The zero-order valence-electron chi connectivity index (χ0n) is 13.6. The predicted octanol–water partition coefficient (Wildman–Crippen LogP) is 2.07. The third-order valence-electron chi connectivity index (χ3n) is 3.99. The molecule has 9 heteroatoms. The Morgan fingerprint density at radius 3 is 2.84 bits per heavy atom. The van der Waals surface area contributed by atoms with Gasteiger partial charge in [0, 0.05) is 19.2 Å². The number of aryl methyl sites for hydroxylation is 1. The lowest BCUT2D eigenvalue weighted by atomic mass is 10.1. The average Bonchev–Trinajstić information content (AvgIpc) is 3.16. The number of sulfonamides is 1. The molecular weight excluding hydrogens is 342 g/mol. The molecule has 0 amide bonds. The Labute approximate surface area is 144 Å². The van der Waals surface area contributed by atoms with Crippen LogP contribution < -0.4 is 4.72 Å². The number of rotatable bonds is 6. The number of benzene rings is 1. The fourth-order valence-electron chi connectivity index (χ4n) is 2.51. The van der Waals surface area contributed by atoms with Crippen LogP contribution in [0.1, 0.15) is 36.0 Å². The lowest BCUT2D eigenvalue weighted by Gasteiger charge is -2.10. The van der Waals surface area contributed by atoms with Gasteiger partial charge in [0.05, 0.1) is 18.4 Å². The lowest BCUT2D eigenvalue weighted by Crippen LogP contribution is -2.14. The maximum Gasteiger partial charge on any atom is 0.280 e. The predicted molar refractivity (Wildman–Crippen MR) is 89.5 cm³/mol. The minimum absolute atomic E-state index is 0.0291. The van der Waals surface area contributed by atoms with Crippen molar-refractivity contribution in [2.75, 3.05) is 4.72 Å². The first-order valence-corrected chi connectivity index (χ1v) is 9.41. The van der Waals surface area contributed by atoms with E-state index < -0.39 is 10.0 Å². The van der Waals surface area contributed by atoms with Gasteiger partial charge in [-0.15, -0.1) is 0 Å². The van der Waals surface area contributed by atoms with Crippen molar-refractivity contribution in [1.82, 2.24) is 19.7 Å². The highest BCUT2D eigenvalue weighted by molar-refractivity contribution is 7.92. The van der Waals surface area contributed by atoms with Crippen LogP contribution in [0.2, 0.25) is 0 Å². The first-order valence-electron chi connectivity index (χ1n) is 7.92. The van der Waals surface area contributed by atoms with Gasteiger partial charge in [0.15, 0.2) is 10.9 Å². The van der Waals surface area contributed by atoms with Gasteiger partial charge in [-0.3, -0.25) is 4.72 Å². The van der Waals surface area contributed by atoms with Gasteiger partial charge >= 0.3 is 0 Å². The number of nitrogens with zero attached hydrogens (tertiary/aromatic N) is 4. The highest BCUT2D eigenvalue weighted by atomic mass is 32.2. The summed E-state index contributed by atoms with van der Waals surface area (Å²) in [6.45, 7) is 0. The Hall–Kier alpha value is -2.68. The molecule has 0 radical (unpaired) electrons. The van der Waals surface area contributed by atoms with Crippen molar-refractivity contribution in [3.63, 3.8) is 0 Å². The fourth-order valence-corrected chi connectivity index (χ4v) is 3.59. The smallest absolute Gasteiger partial charge is 0.280 e. The van der Waals surface area contributed by atoms with Crippen molar-refractivity contribution in [1.29, 1.82) is 0 Å². The third-order valence-corrected chi connectivity index (χ3v) is 5.24. The Kier molecular flexibility index (Phi) is 3.79. The zero-order chi connectivity index (χ0) is 17.4. The van der Waals surface area contributed by atoms with Crippen LogP contribution >= 0.6 is 0 Å². The monoisotopic (exact) mass is 359 g/mol. The molecule has 8 nitrogen and oxygen atoms in total. The normalized spacial score (nSPS) is 14.6. The molecule has 1 aromatic carbocycles. The molecule has 1 fully saturated rings. The first-order chi connectivity index (χ1) is 12.0. The van der Waals surface area contributed by atoms with E-state index in [2.05, 4.69) is 19.8 Å². The molecule has 1 aliphatic carbocycles. The summed E-state index contributed by atoms with van der Waals surface area (Å²) in [6, 6.07) is 7.14. The fraction of sp³-hybridized carbons (Fsp3) is 0.312. The van der Waals surface area contributed by atoms with Gasteiger partial charge in [0.25, 0.3) is 10.0 Å². The largest absolute Gasteiger partial charge is 0.339 e. The van der Waals surface area contributed by atoms with E-state index in [4.69, 9.17) is 4.52 Å². The van der Waals surface area contributed by atoms with Crippen molar-refractivity contribution < 1.29 is 12.9 Å². The minimum Gasteiger partial charge on any atom is -0.339 e. The van der Waals surface area contributed by atoms with Gasteiger partial charge in [-0.05, 0) is 24.5 Å². The molecule has 0 aliphatic heterocycles. The summed E-state index contributed by atoms with van der Waals surface area (Å²) in [5.41, 5.74) is 1.23. The second kappa shape index (κ2) is 5.99. The van der Waals surface area contributed by atoms with Crippen LogP contribution in [0.4, 0.5) is 5.69 Å². The van der Waals surface area contributed by atoms with Gasteiger partial charge < -0.3 is 9.09 Å². The van der Waals surface area contributed by atoms with Crippen LogP contribution in [-0.4, -0.2) is 28.1 Å². The van der Waals surface area contributed by atoms with Crippen molar-refractivity contribution in [3.8, 4) is 0 Å². The molecule has 0 saturated heterocycles. The SMILES string of the molecule is Cn1cnc(S(=O)(=O)Nc2ccccc2Cc2nc(C3CC3)no2)c1. The number of imidazole rings is 1. The summed E-state index contributed by atoms with van der Waals surface area (Å²) in [5, 5.41) is 3.96. The van der Waals surface area contributed by atoms with Crippen LogP contribution in [-0.2, 0) is 23.5 Å². The van der Waals surface area contributed by atoms with E-state index in [0.717, 1.165) is 24.2 Å². The highest BCUT2D eigenvalue weighted by Gasteiger charge is 2.29. The van der Waals surface area contributed by atoms with Gasteiger partial charge in [0.2, 0.25) is 5.89 Å². The number of anilines is 1. The van der Waals surface area contributed by atoms with Gasteiger partial charge in [-0.2, -0.15) is 13.4 Å². The number of hydrogen-bond donors (Lipinski definition) is 1. The molecule has 0 spiro atoms. The van der Waals surface area contributed by atoms with Gasteiger partial charge in [-0.25, -0.2) is 4.98 Å². The molecule has 0 bridgehead atoms. The van der Waals surface area contributed by atoms with Crippen LogP contribution in [0, 0.1) is 0 Å². The molecule has 25 heavy (non-hydrogen) atoms. The van der Waals surface area contributed by atoms with Crippen molar-refractivity contribution in [2.24, 2.45) is 7.05 Å². The van der Waals surface area contributed by atoms with E-state index in [1.165, 1.54) is 12.5 Å². The Morgan fingerprint density at radius 2 is 2.12 bits per heavy atom. The zero-order valence-corrected chi connectivity index (χ0v) is 14.4. The summed E-state index contributed by atoms with van der Waals surface area (Å²) in [6.07, 6.45) is 5.45. The Morgan fingerprint density at radius 1 is 1.32 bits per heavy atom. The summed E-state index contributed by atoms with van der Waals surface area (Å²) in [5.74, 6) is 1.63. The molecular formula is C16H17N5O3S. The molecule has 130 valence electrons. The molecule has 1 N–H and O–H groups in total. The molecule has 2 heterocycles. The van der Waals surface area contributed by atoms with Gasteiger partial charge in [0.1, 0.15) is 0 Å². The van der Waals surface area contributed by atoms with Crippen molar-refractivity contribution in [3.05, 3.63) is 54.1 Å². The van der Waals surface area contributed by atoms with Crippen LogP contribution in [0.15, 0.2) is 46.3 Å². The van der Waals surface area contributed by atoms with Crippen LogP contribution in [0.5, 0.6) is 0 Å². The van der Waals surface area contributed by atoms with Crippen LogP contribution in [0.25, 0.3) is 0 Å². The van der Waals surface area contributed by atoms with Crippen molar-refractivity contribution >= 4 is 15.7 Å². The number of para-hydroxylation sites is 1. The second-order valence-corrected chi connectivity index (χ2v) is 7.77. The molecule has 2 aromatic heterocycles. The standard InChI is InChI=1S/C16H17N5O3S/c1-21-9-15(17-10-21)25(22,23)20-13-5-3-2-4-12(13)8-14-18-16(19-24-14)11-6-7-11/h2-5,9-11,20H,6-8H2,1H3. The van der Waals surface area contributed by atoms with E-state index >= 15 is 0 Å². The molecule has 3 aromatic rings. The van der Waals surface area contributed by atoms with Gasteiger partial charge in [-0.1, -0.05) is 23.4 Å². The maximum atomic E-state index is 12.5. The summed E-state index contributed by atoms with van der Waals surface area (Å²) >= 11 is 0. The second-order valence-electron chi connectivity index (χ2n) is 6.14. The minimum atomic E-state index is -3.75. The number of hydrogen-bond acceptors (Lipinski definition) is 6. The number of aromatic nitrogens is 4. The molecule has 1 aliphatic rings. The highest BCUT2D eigenvalue weighted by Crippen LogP contribution is 2.38.